The van der Waals surface area contributed by atoms with Gasteiger partial charge in [0.1, 0.15) is 23.1 Å². The Balaban J connectivity index is 2.05. The van der Waals surface area contributed by atoms with E-state index >= 15 is 0 Å². The van der Waals surface area contributed by atoms with Crippen LogP contribution in [-0.2, 0) is 6.42 Å². The predicted molar refractivity (Wildman–Crippen MR) is 109 cm³/mol. The number of carbonyl (C=O) groups excluding carboxylic acids is 1. The van der Waals surface area contributed by atoms with Gasteiger partial charge in [-0.15, -0.1) is 0 Å². The minimum Gasteiger partial charge on any atom is -0.496 e. The van der Waals surface area contributed by atoms with Crippen LogP contribution in [0.3, 0.4) is 0 Å². The first kappa shape index (κ1) is 20.7. The zero-order valence-electron chi connectivity index (χ0n) is 16.8. The number of benzene rings is 1. The highest BCUT2D eigenvalue weighted by Gasteiger charge is 2.14. The maximum atomic E-state index is 12.6. The quantitative estimate of drug-likeness (QED) is 0.694. The zero-order valence-corrected chi connectivity index (χ0v) is 16.8. The van der Waals surface area contributed by atoms with Crippen molar-refractivity contribution in [1.29, 1.82) is 0 Å². The van der Waals surface area contributed by atoms with E-state index < -0.39 is 0 Å². The van der Waals surface area contributed by atoms with Crippen molar-refractivity contribution in [2.24, 2.45) is 0 Å². The molecule has 6 nitrogen and oxygen atoms in total. The highest BCUT2D eigenvalue weighted by atomic mass is 16.5. The molecule has 6 heteroatoms. The summed E-state index contributed by atoms with van der Waals surface area (Å²) < 4.78 is 5.35. The maximum absolute atomic E-state index is 12.6. The van der Waals surface area contributed by atoms with E-state index in [0.717, 1.165) is 43.1 Å². The van der Waals surface area contributed by atoms with Gasteiger partial charge in [-0.2, -0.15) is 0 Å². The summed E-state index contributed by atoms with van der Waals surface area (Å²) >= 11 is 0. The molecule has 0 atom stereocenters. The van der Waals surface area contributed by atoms with Crippen LogP contribution < -0.4 is 15.0 Å². The summed E-state index contributed by atoms with van der Waals surface area (Å²) in [4.78, 5) is 23.6. The molecule has 0 saturated heterocycles. The van der Waals surface area contributed by atoms with E-state index in [2.05, 4.69) is 34.0 Å². The number of anilines is 1. The molecule has 1 aromatic heterocycles. The van der Waals surface area contributed by atoms with E-state index in [1.165, 1.54) is 0 Å². The minimum atomic E-state index is -0.176. The Morgan fingerprint density at radius 3 is 2.52 bits per heavy atom. The normalized spacial score (nSPS) is 10.5. The number of aryl methyl sites for hydroxylation is 1. The minimum absolute atomic E-state index is 0.176. The van der Waals surface area contributed by atoms with E-state index in [4.69, 9.17) is 4.74 Å². The van der Waals surface area contributed by atoms with Crippen molar-refractivity contribution in [1.82, 2.24) is 15.3 Å². The van der Waals surface area contributed by atoms with Gasteiger partial charge in [0.15, 0.2) is 0 Å². The van der Waals surface area contributed by atoms with Crippen molar-refractivity contribution >= 4 is 11.7 Å². The standard InChI is InChI=1S/C21H30N4O2/c1-5-13-25(14-6-2)20-15-18(23-16(3)24-20)21(26)22-12-11-17-9-7-8-10-19(17)27-4/h7-10,15H,5-6,11-14H2,1-4H3,(H,22,26). The molecule has 27 heavy (non-hydrogen) atoms. The van der Waals surface area contributed by atoms with Crippen molar-refractivity contribution in [3.8, 4) is 5.75 Å². The average Bonchev–Trinajstić information content (AvgIpc) is 2.67. The summed E-state index contributed by atoms with van der Waals surface area (Å²) in [7, 11) is 1.65. The lowest BCUT2D eigenvalue weighted by molar-refractivity contribution is 0.0948. The van der Waals surface area contributed by atoms with Gasteiger partial charge < -0.3 is 15.0 Å². The molecular formula is C21H30N4O2. The third-order valence-electron chi connectivity index (χ3n) is 4.24. The first-order valence-corrected chi connectivity index (χ1v) is 9.59. The second-order valence-electron chi connectivity index (χ2n) is 6.46. The Morgan fingerprint density at radius 2 is 1.85 bits per heavy atom. The summed E-state index contributed by atoms with van der Waals surface area (Å²) in [6, 6.07) is 9.62. The average molecular weight is 370 g/mol. The lowest BCUT2D eigenvalue weighted by Crippen LogP contribution is -2.29. The van der Waals surface area contributed by atoms with Gasteiger partial charge in [-0.25, -0.2) is 9.97 Å². The highest BCUT2D eigenvalue weighted by Crippen LogP contribution is 2.17. The molecule has 0 aliphatic heterocycles. The summed E-state index contributed by atoms with van der Waals surface area (Å²) in [5, 5.41) is 2.95. The molecular weight excluding hydrogens is 340 g/mol. The number of ether oxygens (including phenoxy) is 1. The highest BCUT2D eigenvalue weighted by molar-refractivity contribution is 5.93. The SMILES string of the molecule is CCCN(CCC)c1cc(C(=O)NCCc2ccccc2OC)nc(C)n1. The molecule has 0 saturated carbocycles. The number of rotatable bonds is 10. The molecule has 1 N–H and O–H groups in total. The van der Waals surface area contributed by atoms with E-state index in [-0.39, 0.29) is 5.91 Å². The fourth-order valence-corrected chi connectivity index (χ4v) is 3.02. The number of hydrogen-bond donors (Lipinski definition) is 1. The monoisotopic (exact) mass is 370 g/mol. The Bertz CT molecular complexity index is 743. The molecule has 1 heterocycles. The fourth-order valence-electron chi connectivity index (χ4n) is 3.02. The van der Waals surface area contributed by atoms with Gasteiger partial charge in [-0.3, -0.25) is 4.79 Å². The number of aromatic nitrogens is 2. The Morgan fingerprint density at radius 1 is 1.15 bits per heavy atom. The van der Waals surface area contributed by atoms with Crippen molar-refractivity contribution in [2.75, 3.05) is 31.6 Å². The second-order valence-corrected chi connectivity index (χ2v) is 6.46. The molecule has 146 valence electrons. The van der Waals surface area contributed by atoms with Crippen LogP contribution in [0.25, 0.3) is 0 Å². The first-order chi connectivity index (χ1) is 13.1. The van der Waals surface area contributed by atoms with Crippen molar-refractivity contribution in [3.63, 3.8) is 0 Å². The van der Waals surface area contributed by atoms with Gasteiger partial charge >= 0.3 is 0 Å². The Kier molecular flexibility index (Phi) is 8.04. The Labute approximate surface area is 162 Å². The van der Waals surface area contributed by atoms with Crippen molar-refractivity contribution < 1.29 is 9.53 Å². The number of para-hydroxylation sites is 1. The molecule has 0 spiro atoms. The van der Waals surface area contributed by atoms with Crippen molar-refractivity contribution in [2.45, 2.75) is 40.0 Å². The van der Waals surface area contributed by atoms with Crippen molar-refractivity contribution in [3.05, 3.63) is 47.4 Å². The van der Waals surface area contributed by atoms with Crippen LogP contribution in [0.5, 0.6) is 5.75 Å². The molecule has 0 aliphatic rings. The van der Waals surface area contributed by atoms with Crippen LogP contribution in [-0.4, -0.2) is 42.6 Å². The molecule has 0 aliphatic carbocycles. The molecule has 1 aromatic carbocycles. The molecule has 0 unspecified atom stereocenters. The fraction of sp³-hybridized carbons (Fsp3) is 0.476. The van der Waals surface area contributed by atoms with Crippen LogP contribution in [0.2, 0.25) is 0 Å². The number of methoxy groups -OCH3 is 1. The van der Waals surface area contributed by atoms with Crippen LogP contribution >= 0.6 is 0 Å². The maximum Gasteiger partial charge on any atom is 0.270 e. The third-order valence-corrected chi connectivity index (χ3v) is 4.24. The predicted octanol–water partition coefficient (Wildman–Crippen LogP) is 3.39. The summed E-state index contributed by atoms with van der Waals surface area (Å²) in [6.07, 6.45) is 2.76. The molecule has 2 rings (SSSR count). The lowest BCUT2D eigenvalue weighted by Gasteiger charge is -2.23. The van der Waals surface area contributed by atoms with Crippen LogP contribution in [0.15, 0.2) is 30.3 Å². The smallest absolute Gasteiger partial charge is 0.270 e. The largest absolute Gasteiger partial charge is 0.496 e. The van der Waals surface area contributed by atoms with Crippen LogP contribution in [0.4, 0.5) is 5.82 Å². The molecule has 0 bridgehead atoms. The number of amides is 1. The summed E-state index contributed by atoms with van der Waals surface area (Å²) in [5.41, 5.74) is 1.48. The summed E-state index contributed by atoms with van der Waals surface area (Å²) in [6.45, 7) is 8.46. The first-order valence-electron chi connectivity index (χ1n) is 9.59. The second kappa shape index (κ2) is 10.5. The number of carbonyl (C=O) groups is 1. The van der Waals surface area contributed by atoms with Gasteiger partial charge in [0.05, 0.1) is 7.11 Å². The van der Waals surface area contributed by atoms with Gasteiger partial charge in [0.25, 0.3) is 5.91 Å². The number of nitrogens with zero attached hydrogens (tertiary/aromatic N) is 3. The van der Waals surface area contributed by atoms with E-state index in [1.807, 2.05) is 31.2 Å². The molecule has 2 aromatic rings. The molecule has 1 amide bonds. The van der Waals surface area contributed by atoms with Gasteiger partial charge in [0.2, 0.25) is 0 Å². The van der Waals surface area contributed by atoms with Gasteiger partial charge in [-0.05, 0) is 37.8 Å². The molecule has 0 radical (unpaired) electrons. The molecule has 0 fully saturated rings. The number of nitrogens with one attached hydrogen (secondary N) is 1. The van der Waals surface area contributed by atoms with E-state index in [0.29, 0.717) is 24.5 Å². The third kappa shape index (κ3) is 5.94. The van der Waals surface area contributed by atoms with Crippen LogP contribution in [0, 0.1) is 6.92 Å². The van der Waals surface area contributed by atoms with E-state index in [1.54, 1.807) is 13.2 Å². The topological polar surface area (TPSA) is 67.4 Å². The zero-order chi connectivity index (χ0) is 19.6. The Hall–Kier alpha value is -2.63. The number of hydrogen-bond acceptors (Lipinski definition) is 5. The van der Waals surface area contributed by atoms with Crippen LogP contribution in [0.1, 0.15) is 48.6 Å². The summed E-state index contributed by atoms with van der Waals surface area (Å²) in [5.74, 6) is 2.09. The van der Waals surface area contributed by atoms with Gasteiger partial charge in [-0.1, -0.05) is 32.0 Å². The lowest BCUT2D eigenvalue weighted by atomic mass is 10.1. The van der Waals surface area contributed by atoms with Gasteiger partial charge in [0, 0.05) is 25.7 Å². The van der Waals surface area contributed by atoms with E-state index in [9.17, 15) is 4.79 Å².